The Morgan fingerprint density at radius 3 is 2.48 bits per heavy atom. The van der Waals surface area contributed by atoms with Gasteiger partial charge in [-0.3, -0.25) is 5.41 Å². The summed E-state index contributed by atoms with van der Waals surface area (Å²) in [6.07, 6.45) is 11.4. The highest BCUT2D eigenvalue weighted by molar-refractivity contribution is 5.85. The molecule has 1 aliphatic rings. The number of nitrogens with zero attached hydrogens (tertiary/aromatic N) is 3. The summed E-state index contributed by atoms with van der Waals surface area (Å²) in [5.74, 6) is 1.55. The average molecular weight is 420 g/mol. The van der Waals surface area contributed by atoms with Gasteiger partial charge in [-0.05, 0) is 24.8 Å². The van der Waals surface area contributed by atoms with E-state index in [0.29, 0.717) is 18.3 Å². The maximum Gasteiger partial charge on any atom is 0.231 e. The minimum Gasteiger partial charge on any atom is -0.370 e. The zero-order chi connectivity index (χ0) is 19.8. The van der Waals surface area contributed by atoms with Crippen molar-refractivity contribution in [3.8, 4) is 11.4 Å². The van der Waals surface area contributed by atoms with Gasteiger partial charge in [-0.2, -0.15) is 4.98 Å². The Morgan fingerprint density at radius 1 is 1.14 bits per heavy atom. The summed E-state index contributed by atoms with van der Waals surface area (Å²) in [6, 6.07) is 8.52. The van der Waals surface area contributed by atoms with Crippen LogP contribution in [0.1, 0.15) is 75.7 Å². The molecule has 0 radical (unpaired) electrons. The molecule has 0 aliphatic carbocycles. The van der Waals surface area contributed by atoms with Crippen molar-refractivity contribution in [1.82, 2.24) is 15.0 Å². The van der Waals surface area contributed by atoms with Gasteiger partial charge in [0.05, 0.1) is 5.92 Å². The lowest BCUT2D eigenvalue weighted by atomic mass is 10.0. The maximum absolute atomic E-state index is 7.54. The van der Waals surface area contributed by atoms with Crippen molar-refractivity contribution >= 4 is 18.4 Å². The molecule has 0 saturated carbocycles. The molecule has 1 fully saturated rings. The molecule has 1 aliphatic heterocycles. The van der Waals surface area contributed by atoms with E-state index >= 15 is 0 Å². The van der Waals surface area contributed by atoms with Crippen molar-refractivity contribution in [2.75, 3.05) is 13.1 Å². The van der Waals surface area contributed by atoms with E-state index in [-0.39, 0.29) is 24.3 Å². The fourth-order valence-corrected chi connectivity index (χ4v) is 3.81. The lowest BCUT2D eigenvalue weighted by molar-refractivity contribution is 0.354. The Hall–Kier alpha value is -2.08. The second-order valence-corrected chi connectivity index (χ2v) is 7.84. The van der Waals surface area contributed by atoms with Gasteiger partial charge < -0.3 is 15.2 Å². The highest BCUT2D eigenvalue weighted by atomic mass is 35.5. The van der Waals surface area contributed by atoms with E-state index < -0.39 is 0 Å². The van der Waals surface area contributed by atoms with Gasteiger partial charge in [0.2, 0.25) is 11.7 Å². The summed E-state index contributed by atoms with van der Waals surface area (Å²) in [5, 5.41) is 11.7. The molecule has 29 heavy (non-hydrogen) atoms. The Morgan fingerprint density at radius 2 is 1.83 bits per heavy atom. The van der Waals surface area contributed by atoms with Crippen molar-refractivity contribution in [1.29, 1.82) is 5.41 Å². The highest BCUT2D eigenvalue weighted by Gasteiger charge is 2.29. The molecule has 1 aromatic heterocycles. The first-order valence-electron chi connectivity index (χ1n) is 10.7. The van der Waals surface area contributed by atoms with E-state index in [0.717, 1.165) is 24.9 Å². The third kappa shape index (κ3) is 6.74. The van der Waals surface area contributed by atoms with Gasteiger partial charge in [-0.1, -0.05) is 74.9 Å². The number of unbranched alkanes of at least 4 members (excludes halogenated alkanes) is 6. The number of hydrogen-bond donors (Lipinski definition) is 2. The molecule has 1 saturated heterocycles. The molecule has 0 amide bonds. The number of aryl methyl sites for hydroxylation is 1. The third-order valence-electron chi connectivity index (χ3n) is 5.60. The van der Waals surface area contributed by atoms with Crippen LogP contribution in [-0.4, -0.2) is 34.1 Å². The zero-order valence-corrected chi connectivity index (χ0v) is 18.2. The Kier molecular flexibility index (Phi) is 9.45. The molecule has 1 aromatic carbocycles. The zero-order valence-electron chi connectivity index (χ0n) is 17.4. The fraction of sp³-hybridized carbons (Fsp3) is 0.591. The van der Waals surface area contributed by atoms with Crippen LogP contribution in [0, 0.1) is 5.41 Å². The number of nitrogens with two attached hydrogens (primary N) is 1. The van der Waals surface area contributed by atoms with E-state index in [1.165, 1.54) is 50.5 Å². The standard InChI is InChI=1S/C22H33N5O.ClH/c1-2-3-4-5-6-7-8-9-17-10-12-18(13-11-17)20-25-21(28-26-20)19-14-15-27(16-19)22(23)24;/h10-13,19H,2-9,14-16H2,1H3,(H3,23,24);1H/t19-;/m1./s1. The van der Waals surface area contributed by atoms with Crippen LogP contribution >= 0.6 is 12.4 Å². The molecule has 0 bridgehead atoms. The topological polar surface area (TPSA) is 92.0 Å². The quantitative estimate of drug-likeness (QED) is 0.316. The number of benzene rings is 1. The predicted molar refractivity (Wildman–Crippen MR) is 120 cm³/mol. The van der Waals surface area contributed by atoms with Crippen LogP contribution in [0.4, 0.5) is 0 Å². The molecular weight excluding hydrogens is 386 g/mol. The van der Waals surface area contributed by atoms with Crippen LogP contribution in [0.15, 0.2) is 28.8 Å². The lowest BCUT2D eigenvalue weighted by Gasteiger charge is -2.14. The number of nitrogens with one attached hydrogen (secondary N) is 1. The Labute approximate surface area is 180 Å². The number of rotatable bonds is 10. The van der Waals surface area contributed by atoms with Gasteiger partial charge >= 0.3 is 0 Å². The van der Waals surface area contributed by atoms with Gasteiger partial charge in [-0.15, -0.1) is 12.4 Å². The van der Waals surface area contributed by atoms with Gasteiger partial charge in [0, 0.05) is 18.7 Å². The van der Waals surface area contributed by atoms with Crippen molar-refractivity contribution < 1.29 is 4.52 Å². The van der Waals surface area contributed by atoms with E-state index in [1.54, 1.807) is 0 Å². The van der Waals surface area contributed by atoms with Gasteiger partial charge in [-0.25, -0.2) is 0 Å². The van der Waals surface area contributed by atoms with Crippen molar-refractivity contribution in [2.24, 2.45) is 5.73 Å². The van der Waals surface area contributed by atoms with Crippen LogP contribution < -0.4 is 5.73 Å². The van der Waals surface area contributed by atoms with Crippen LogP contribution in [-0.2, 0) is 6.42 Å². The van der Waals surface area contributed by atoms with E-state index in [1.807, 2.05) is 4.90 Å². The van der Waals surface area contributed by atoms with Crippen molar-refractivity contribution in [3.05, 3.63) is 35.7 Å². The lowest BCUT2D eigenvalue weighted by Crippen LogP contribution is -2.34. The Bertz CT molecular complexity index is 746. The number of aromatic nitrogens is 2. The fourth-order valence-electron chi connectivity index (χ4n) is 3.81. The first-order chi connectivity index (χ1) is 13.7. The van der Waals surface area contributed by atoms with Crippen LogP contribution in [0.3, 0.4) is 0 Å². The average Bonchev–Trinajstić information content (AvgIpc) is 3.37. The monoisotopic (exact) mass is 419 g/mol. The molecule has 0 unspecified atom stereocenters. The van der Waals surface area contributed by atoms with Gasteiger partial charge in [0.1, 0.15) is 0 Å². The second kappa shape index (κ2) is 11.8. The smallest absolute Gasteiger partial charge is 0.231 e. The first kappa shape index (κ1) is 23.2. The predicted octanol–water partition coefficient (Wildman–Crippen LogP) is 5.13. The molecular formula is C22H34ClN5O. The number of guanidine groups is 1. The largest absolute Gasteiger partial charge is 0.370 e. The third-order valence-corrected chi connectivity index (χ3v) is 5.60. The molecule has 160 valence electrons. The SMILES string of the molecule is CCCCCCCCCc1ccc(-c2noc([C@@H]3CCN(C(=N)N)C3)n2)cc1.Cl. The van der Waals surface area contributed by atoms with E-state index in [9.17, 15) is 0 Å². The molecule has 2 aromatic rings. The summed E-state index contributed by atoms with van der Waals surface area (Å²) in [4.78, 5) is 6.42. The summed E-state index contributed by atoms with van der Waals surface area (Å²) < 4.78 is 5.48. The first-order valence-corrected chi connectivity index (χ1v) is 10.7. The van der Waals surface area contributed by atoms with E-state index in [4.69, 9.17) is 15.7 Å². The molecule has 1 atom stereocenters. The summed E-state index contributed by atoms with van der Waals surface area (Å²) >= 11 is 0. The Balaban J connectivity index is 0.00000300. The molecule has 7 heteroatoms. The number of hydrogen-bond acceptors (Lipinski definition) is 4. The summed E-state index contributed by atoms with van der Waals surface area (Å²) in [7, 11) is 0. The van der Waals surface area contributed by atoms with Crippen LogP contribution in [0.25, 0.3) is 11.4 Å². The van der Waals surface area contributed by atoms with Gasteiger partial charge in [0.25, 0.3) is 0 Å². The molecule has 3 rings (SSSR count). The number of likely N-dealkylation sites (tertiary alicyclic amines) is 1. The van der Waals surface area contributed by atoms with E-state index in [2.05, 4.69) is 41.3 Å². The van der Waals surface area contributed by atoms with Crippen molar-refractivity contribution in [2.45, 2.75) is 70.6 Å². The van der Waals surface area contributed by atoms with Crippen LogP contribution in [0.5, 0.6) is 0 Å². The summed E-state index contributed by atoms with van der Waals surface area (Å²) in [5.41, 5.74) is 7.92. The summed E-state index contributed by atoms with van der Waals surface area (Å²) in [6.45, 7) is 3.70. The van der Waals surface area contributed by atoms with Crippen molar-refractivity contribution in [3.63, 3.8) is 0 Å². The molecule has 6 nitrogen and oxygen atoms in total. The van der Waals surface area contributed by atoms with Crippen LogP contribution in [0.2, 0.25) is 0 Å². The molecule has 0 spiro atoms. The highest BCUT2D eigenvalue weighted by Crippen LogP contribution is 2.27. The second-order valence-electron chi connectivity index (χ2n) is 7.84. The normalized spacial score (nSPS) is 16.0. The number of halogens is 1. The minimum absolute atomic E-state index is 0. The minimum atomic E-state index is 0. The maximum atomic E-state index is 7.54. The van der Waals surface area contributed by atoms with Gasteiger partial charge in [0.15, 0.2) is 5.96 Å². The molecule has 3 N–H and O–H groups in total. The molecule has 2 heterocycles.